The molecule has 1 fully saturated rings. The highest BCUT2D eigenvalue weighted by atomic mass is 16.5. The molecule has 0 amide bonds. The number of nitrogen functional groups attached to an aromatic ring is 1. The lowest BCUT2D eigenvalue weighted by Gasteiger charge is -2.37. The van der Waals surface area contributed by atoms with Crippen LogP contribution in [0.3, 0.4) is 0 Å². The van der Waals surface area contributed by atoms with Crippen molar-refractivity contribution < 1.29 is 14.3 Å². The molecule has 1 aromatic rings. The van der Waals surface area contributed by atoms with Gasteiger partial charge < -0.3 is 15.2 Å². The fourth-order valence-corrected chi connectivity index (χ4v) is 2.90. The van der Waals surface area contributed by atoms with Gasteiger partial charge in [0.1, 0.15) is 17.0 Å². The molecule has 1 heterocycles. The first-order valence-corrected chi connectivity index (χ1v) is 7.21. The summed E-state index contributed by atoms with van der Waals surface area (Å²) in [6.45, 7) is 3.98. The number of hydrogen-bond acceptors (Lipinski definition) is 6. The second-order valence-electron chi connectivity index (χ2n) is 5.77. The van der Waals surface area contributed by atoms with E-state index in [-0.39, 0.29) is 11.4 Å². The highest BCUT2D eigenvalue weighted by Crippen LogP contribution is 2.41. The van der Waals surface area contributed by atoms with Crippen LogP contribution in [0.1, 0.15) is 54.5 Å². The molecule has 0 atom stereocenters. The Balaban J connectivity index is 2.42. The number of nitrogens with two attached hydrogens (primary N) is 1. The van der Waals surface area contributed by atoms with E-state index < -0.39 is 11.6 Å². The first kappa shape index (κ1) is 15.7. The fraction of sp³-hybridized carbons (Fsp3) is 0.667. The number of anilines is 1. The highest BCUT2D eigenvalue weighted by Gasteiger charge is 2.39. The second-order valence-corrected chi connectivity index (χ2v) is 5.77. The lowest BCUT2D eigenvalue weighted by Crippen LogP contribution is -2.36. The van der Waals surface area contributed by atoms with E-state index in [1.165, 1.54) is 7.11 Å². The van der Waals surface area contributed by atoms with Crippen molar-refractivity contribution in [2.75, 3.05) is 20.0 Å². The Morgan fingerprint density at radius 3 is 2.38 bits per heavy atom. The van der Waals surface area contributed by atoms with E-state index in [0.717, 1.165) is 25.7 Å². The molecule has 0 aliphatic heterocycles. The van der Waals surface area contributed by atoms with Crippen molar-refractivity contribution in [1.29, 1.82) is 0 Å². The van der Waals surface area contributed by atoms with Crippen molar-refractivity contribution in [2.45, 2.75) is 45.1 Å². The van der Waals surface area contributed by atoms with Crippen molar-refractivity contribution in [3.63, 3.8) is 0 Å². The number of hydrogen-bond donors (Lipinski definition) is 1. The Labute approximate surface area is 125 Å². The van der Waals surface area contributed by atoms with Gasteiger partial charge in [-0.1, -0.05) is 6.92 Å². The maximum Gasteiger partial charge on any atom is 0.343 e. The summed E-state index contributed by atoms with van der Waals surface area (Å²) in [4.78, 5) is 20.5. The van der Waals surface area contributed by atoms with Crippen LogP contribution >= 0.6 is 0 Å². The lowest BCUT2D eigenvalue weighted by atomic mass is 9.79. The predicted molar refractivity (Wildman–Crippen MR) is 78.8 cm³/mol. The molecule has 1 aliphatic carbocycles. The summed E-state index contributed by atoms with van der Waals surface area (Å²) in [6.07, 6.45) is 3.85. The summed E-state index contributed by atoms with van der Waals surface area (Å²) in [5.74, 6) is 0.889. The third kappa shape index (κ3) is 2.85. The van der Waals surface area contributed by atoms with Gasteiger partial charge in [0.05, 0.1) is 12.8 Å². The summed E-state index contributed by atoms with van der Waals surface area (Å²) in [5.41, 5.74) is 6.20. The number of nitrogens with zero attached hydrogens (tertiary/aromatic N) is 2. The van der Waals surface area contributed by atoms with Crippen LogP contribution in [0.5, 0.6) is 0 Å². The van der Waals surface area contributed by atoms with E-state index in [9.17, 15) is 4.79 Å². The van der Waals surface area contributed by atoms with Gasteiger partial charge in [0.2, 0.25) is 0 Å². The number of aromatic nitrogens is 2. The molecular formula is C15H23N3O3. The number of rotatable bonds is 3. The molecule has 1 aliphatic rings. The first-order chi connectivity index (χ1) is 9.93. The summed E-state index contributed by atoms with van der Waals surface area (Å²) >= 11 is 0. The maximum atomic E-state index is 11.7. The van der Waals surface area contributed by atoms with Crippen LogP contribution in [-0.4, -0.2) is 30.2 Å². The Morgan fingerprint density at radius 2 is 1.90 bits per heavy atom. The summed E-state index contributed by atoms with van der Waals surface area (Å²) in [6, 6.07) is 0. The number of aryl methyl sites for hydroxylation is 1. The number of ether oxygens (including phenoxy) is 2. The van der Waals surface area contributed by atoms with Gasteiger partial charge in [0.15, 0.2) is 5.82 Å². The molecule has 1 saturated carbocycles. The SMILES string of the molecule is COC(=O)c1c(C)nc(C2(OC)CCC(C)CC2)nc1N. The Morgan fingerprint density at radius 1 is 1.29 bits per heavy atom. The zero-order valence-electron chi connectivity index (χ0n) is 13.1. The minimum absolute atomic E-state index is 0.152. The normalized spacial score (nSPS) is 25.6. The van der Waals surface area contributed by atoms with E-state index in [2.05, 4.69) is 16.9 Å². The number of methoxy groups -OCH3 is 2. The zero-order valence-corrected chi connectivity index (χ0v) is 13.1. The molecule has 0 unspecified atom stereocenters. The van der Waals surface area contributed by atoms with E-state index in [0.29, 0.717) is 17.4 Å². The second kappa shape index (κ2) is 5.97. The molecule has 0 spiro atoms. The smallest absolute Gasteiger partial charge is 0.343 e. The molecule has 0 saturated heterocycles. The van der Waals surface area contributed by atoms with Gasteiger partial charge in [-0.25, -0.2) is 14.8 Å². The quantitative estimate of drug-likeness (QED) is 0.860. The number of carbonyl (C=O) groups excluding carboxylic acids is 1. The van der Waals surface area contributed by atoms with E-state index in [1.54, 1.807) is 14.0 Å². The Bertz CT molecular complexity index is 514. The Hall–Kier alpha value is -1.69. The van der Waals surface area contributed by atoms with Crippen LogP contribution in [0.25, 0.3) is 0 Å². The number of esters is 1. The van der Waals surface area contributed by atoms with Crippen molar-refractivity contribution in [3.8, 4) is 0 Å². The monoisotopic (exact) mass is 293 g/mol. The summed E-state index contributed by atoms with van der Waals surface area (Å²) in [5, 5.41) is 0. The molecule has 2 N–H and O–H groups in total. The van der Waals surface area contributed by atoms with Crippen LogP contribution in [-0.2, 0) is 15.1 Å². The van der Waals surface area contributed by atoms with Crippen LogP contribution in [0.15, 0.2) is 0 Å². The van der Waals surface area contributed by atoms with Gasteiger partial charge in [0, 0.05) is 7.11 Å². The van der Waals surface area contributed by atoms with Gasteiger partial charge in [-0.3, -0.25) is 0 Å². The van der Waals surface area contributed by atoms with Gasteiger partial charge in [-0.05, 0) is 38.5 Å². The third-order valence-electron chi connectivity index (χ3n) is 4.39. The molecule has 2 rings (SSSR count). The fourth-order valence-electron chi connectivity index (χ4n) is 2.90. The minimum atomic E-state index is -0.514. The predicted octanol–water partition coefficient (Wildman–Crippen LogP) is 2.21. The van der Waals surface area contributed by atoms with Gasteiger partial charge in [-0.2, -0.15) is 0 Å². The van der Waals surface area contributed by atoms with Crippen LogP contribution in [0.4, 0.5) is 5.82 Å². The Kier molecular flexibility index (Phi) is 4.46. The molecule has 0 radical (unpaired) electrons. The van der Waals surface area contributed by atoms with Crippen LogP contribution in [0, 0.1) is 12.8 Å². The molecule has 6 heteroatoms. The van der Waals surface area contributed by atoms with Gasteiger partial charge in [-0.15, -0.1) is 0 Å². The molecule has 0 aromatic carbocycles. The van der Waals surface area contributed by atoms with Crippen molar-refractivity contribution in [2.24, 2.45) is 5.92 Å². The standard InChI is InChI=1S/C15H23N3O3/c1-9-5-7-15(21-4,8-6-9)14-17-10(2)11(12(16)18-14)13(19)20-3/h9H,5-8H2,1-4H3,(H2,16,17,18). The molecule has 6 nitrogen and oxygen atoms in total. The molecule has 116 valence electrons. The zero-order chi connectivity index (χ0) is 15.6. The van der Waals surface area contributed by atoms with Crippen LogP contribution < -0.4 is 5.73 Å². The largest absolute Gasteiger partial charge is 0.465 e. The number of carbonyl (C=O) groups is 1. The highest BCUT2D eigenvalue weighted by molar-refractivity contribution is 5.95. The first-order valence-electron chi connectivity index (χ1n) is 7.21. The summed E-state index contributed by atoms with van der Waals surface area (Å²) < 4.78 is 10.5. The average molecular weight is 293 g/mol. The minimum Gasteiger partial charge on any atom is -0.465 e. The molecule has 1 aromatic heterocycles. The van der Waals surface area contributed by atoms with E-state index in [1.807, 2.05) is 0 Å². The van der Waals surface area contributed by atoms with Crippen molar-refractivity contribution in [1.82, 2.24) is 9.97 Å². The van der Waals surface area contributed by atoms with Gasteiger partial charge >= 0.3 is 5.97 Å². The molecule has 21 heavy (non-hydrogen) atoms. The molecular weight excluding hydrogens is 270 g/mol. The maximum absolute atomic E-state index is 11.7. The van der Waals surface area contributed by atoms with E-state index in [4.69, 9.17) is 15.2 Å². The van der Waals surface area contributed by atoms with Crippen molar-refractivity contribution in [3.05, 3.63) is 17.1 Å². The van der Waals surface area contributed by atoms with Gasteiger partial charge in [0.25, 0.3) is 0 Å². The third-order valence-corrected chi connectivity index (χ3v) is 4.39. The van der Waals surface area contributed by atoms with Crippen LogP contribution in [0.2, 0.25) is 0 Å². The van der Waals surface area contributed by atoms with E-state index >= 15 is 0 Å². The topological polar surface area (TPSA) is 87.3 Å². The lowest BCUT2D eigenvalue weighted by molar-refractivity contribution is -0.0597. The average Bonchev–Trinajstić information content (AvgIpc) is 2.47. The molecule has 0 bridgehead atoms. The van der Waals surface area contributed by atoms with Crippen molar-refractivity contribution >= 4 is 11.8 Å². The summed E-state index contributed by atoms with van der Waals surface area (Å²) in [7, 11) is 2.99.